The highest BCUT2D eigenvalue weighted by Gasteiger charge is 2.23. The van der Waals surface area contributed by atoms with E-state index in [1.165, 1.54) is 0 Å². The Morgan fingerprint density at radius 1 is 1.04 bits per heavy atom. The predicted octanol–water partition coefficient (Wildman–Crippen LogP) is 4.60. The van der Waals surface area contributed by atoms with Crippen LogP contribution in [0.15, 0.2) is 46.9 Å². The highest BCUT2D eigenvalue weighted by atomic mass is 79.9. The van der Waals surface area contributed by atoms with Gasteiger partial charge >= 0.3 is 0 Å². The first-order valence-corrected chi connectivity index (χ1v) is 10.4. The Labute approximate surface area is 175 Å². The van der Waals surface area contributed by atoms with Gasteiger partial charge in [0, 0.05) is 36.3 Å². The zero-order valence-electron chi connectivity index (χ0n) is 16.7. The van der Waals surface area contributed by atoms with Crippen LogP contribution in [0.25, 0.3) is 0 Å². The van der Waals surface area contributed by atoms with Crippen LogP contribution in [0.5, 0.6) is 11.5 Å². The molecule has 0 saturated carbocycles. The number of nitrogens with zero attached hydrogens (tertiary/aromatic N) is 2. The lowest BCUT2D eigenvalue weighted by Crippen LogP contribution is -2.35. The van der Waals surface area contributed by atoms with Gasteiger partial charge in [-0.25, -0.2) is 0 Å². The van der Waals surface area contributed by atoms with E-state index in [1.807, 2.05) is 49.1 Å². The van der Waals surface area contributed by atoms with Crippen LogP contribution in [-0.4, -0.2) is 50.2 Å². The number of hydrogen-bond donors (Lipinski definition) is 0. The maximum atomic E-state index is 13.2. The van der Waals surface area contributed by atoms with E-state index < -0.39 is 0 Å². The average molecular weight is 447 g/mol. The number of anilines is 1. The van der Waals surface area contributed by atoms with Crippen LogP contribution in [0.4, 0.5) is 5.69 Å². The summed E-state index contributed by atoms with van der Waals surface area (Å²) in [5.74, 6) is 1.51. The Hall–Kier alpha value is -2.21. The van der Waals surface area contributed by atoms with Crippen LogP contribution in [0.2, 0.25) is 0 Å². The third-order valence-corrected chi connectivity index (χ3v) is 5.25. The quantitative estimate of drug-likeness (QED) is 0.672. The van der Waals surface area contributed by atoms with E-state index in [1.54, 1.807) is 7.11 Å². The van der Waals surface area contributed by atoms with Crippen molar-refractivity contribution in [2.45, 2.75) is 26.4 Å². The van der Waals surface area contributed by atoms with E-state index >= 15 is 0 Å². The molecule has 0 radical (unpaired) electrons. The molecule has 0 aliphatic carbocycles. The summed E-state index contributed by atoms with van der Waals surface area (Å²) in [6, 6.07) is 13.7. The molecule has 0 N–H and O–H groups in total. The fraction of sp³-hybridized carbons (Fsp3) is 0.409. The molecule has 0 spiro atoms. The fourth-order valence-electron chi connectivity index (χ4n) is 3.37. The van der Waals surface area contributed by atoms with Gasteiger partial charge in [-0.05, 0) is 62.7 Å². The number of methoxy groups -OCH3 is 1. The predicted molar refractivity (Wildman–Crippen MR) is 116 cm³/mol. The number of carbonyl (C=O) groups is 1. The third-order valence-electron chi connectivity index (χ3n) is 4.76. The van der Waals surface area contributed by atoms with Crippen molar-refractivity contribution in [2.24, 2.45) is 0 Å². The van der Waals surface area contributed by atoms with Gasteiger partial charge in [0.05, 0.1) is 18.8 Å². The largest absolute Gasteiger partial charge is 0.497 e. The van der Waals surface area contributed by atoms with Crippen LogP contribution >= 0.6 is 15.9 Å². The first-order chi connectivity index (χ1) is 13.5. The molecule has 1 aliphatic rings. The molecule has 150 valence electrons. The minimum atomic E-state index is 0.00977. The molecule has 1 aliphatic heterocycles. The molecule has 1 saturated heterocycles. The van der Waals surface area contributed by atoms with Gasteiger partial charge in [-0.15, -0.1) is 0 Å². The van der Waals surface area contributed by atoms with Crippen LogP contribution in [0, 0.1) is 0 Å². The van der Waals surface area contributed by atoms with Gasteiger partial charge in [0.1, 0.15) is 11.5 Å². The zero-order chi connectivity index (χ0) is 20.1. The second-order valence-electron chi connectivity index (χ2n) is 7.14. The Bertz CT molecular complexity index is 808. The van der Waals surface area contributed by atoms with Crippen LogP contribution < -0.4 is 14.4 Å². The van der Waals surface area contributed by atoms with E-state index in [2.05, 4.69) is 33.0 Å². The molecule has 1 heterocycles. The highest BCUT2D eigenvalue weighted by molar-refractivity contribution is 9.10. The second kappa shape index (κ2) is 9.32. The maximum absolute atomic E-state index is 13.2. The molecule has 0 unspecified atom stereocenters. The first-order valence-electron chi connectivity index (χ1n) is 9.62. The van der Waals surface area contributed by atoms with Gasteiger partial charge in [0.2, 0.25) is 0 Å². The number of halogens is 1. The Morgan fingerprint density at radius 3 is 2.46 bits per heavy atom. The number of hydrogen-bond acceptors (Lipinski definition) is 4. The van der Waals surface area contributed by atoms with Crippen molar-refractivity contribution in [2.75, 3.05) is 38.2 Å². The molecule has 0 atom stereocenters. The number of rotatable bonds is 5. The summed E-state index contributed by atoms with van der Waals surface area (Å²) in [6.45, 7) is 7.08. The molecule has 28 heavy (non-hydrogen) atoms. The smallest absolute Gasteiger partial charge is 0.257 e. The SMILES string of the molecule is COc1ccc(N2CCCN(C(=O)c3ccc(Br)cc3OC(C)C)CC2)cc1. The van der Waals surface area contributed by atoms with E-state index in [0.29, 0.717) is 17.9 Å². The number of ether oxygens (including phenoxy) is 2. The molecule has 0 bridgehead atoms. The van der Waals surface area contributed by atoms with Crippen LogP contribution in [-0.2, 0) is 0 Å². The molecule has 2 aromatic rings. The lowest BCUT2D eigenvalue weighted by Gasteiger charge is -2.24. The Morgan fingerprint density at radius 2 is 1.79 bits per heavy atom. The molecule has 6 heteroatoms. The lowest BCUT2D eigenvalue weighted by atomic mass is 10.1. The summed E-state index contributed by atoms with van der Waals surface area (Å²) in [5, 5.41) is 0. The topological polar surface area (TPSA) is 42.0 Å². The second-order valence-corrected chi connectivity index (χ2v) is 8.05. The van der Waals surface area contributed by atoms with Gasteiger partial charge in [-0.1, -0.05) is 15.9 Å². The molecule has 1 amide bonds. The third kappa shape index (κ3) is 4.98. The minimum Gasteiger partial charge on any atom is -0.497 e. The standard InChI is InChI=1S/C22H27BrN2O3/c1-16(2)28-21-15-17(23)5-10-20(21)22(26)25-12-4-11-24(13-14-25)18-6-8-19(27-3)9-7-18/h5-10,15-16H,4,11-14H2,1-3H3. The lowest BCUT2D eigenvalue weighted by molar-refractivity contribution is 0.0761. The zero-order valence-corrected chi connectivity index (χ0v) is 18.2. The van der Waals surface area contributed by atoms with Gasteiger partial charge < -0.3 is 19.3 Å². The van der Waals surface area contributed by atoms with Gasteiger partial charge in [0.25, 0.3) is 5.91 Å². The van der Waals surface area contributed by atoms with Crippen molar-refractivity contribution in [3.05, 3.63) is 52.5 Å². The summed E-state index contributed by atoms with van der Waals surface area (Å²) in [4.78, 5) is 17.4. The van der Waals surface area contributed by atoms with Crippen molar-refractivity contribution in [1.29, 1.82) is 0 Å². The Balaban J connectivity index is 1.72. The summed E-state index contributed by atoms with van der Waals surface area (Å²) in [5.41, 5.74) is 1.78. The number of carbonyl (C=O) groups excluding carboxylic acids is 1. The summed E-state index contributed by atoms with van der Waals surface area (Å²) >= 11 is 3.47. The summed E-state index contributed by atoms with van der Waals surface area (Å²) in [7, 11) is 1.67. The van der Waals surface area contributed by atoms with E-state index in [9.17, 15) is 4.79 Å². The van der Waals surface area contributed by atoms with Crippen molar-refractivity contribution < 1.29 is 14.3 Å². The maximum Gasteiger partial charge on any atom is 0.257 e. The van der Waals surface area contributed by atoms with Crippen molar-refractivity contribution >= 4 is 27.5 Å². The minimum absolute atomic E-state index is 0.00977. The summed E-state index contributed by atoms with van der Waals surface area (Å²) in [6.07, 6.45) is 0.935. The van der Waals surface area contributed by atoms with Crippen molar-refractivity contribution in [3.8, 4) is 11.5 Å². The number of benzene rings is 2. The highest BCUT2D eigenvalue weighted by Crippen LogP contribution is 2.27. The molecular formula is C22H27BrN2O3. The van der Waals surface area contributed by atoms with Crippen molar-refractivity contribution in [3.63, 3.8) is 0 Å². The normalized spacial score (nSPS) is 14.8. The molecule has 5 nitrogen and oxygen atoms in total. The summed E-state index contributed by atoms with van der Waals surface area (Å²) < 4.78 is 12.0. The van der Waals surface area contributed by atoms with E-state index in [4.69, 9.17) is 9.47 Å². The van der Waals surface area contributed by atoms with Crippen LogP contribution in [0.3, 0.4) is 0 Å². The molecular weight excluding hydrogens is 420 g/mol. The average Bonchev–Trinajstić information content (AvgIpc) is 2.93. The Kier molecular flexibility index (Phi) is 6.83. The molecule has 3 rings (SSSR count). The fourth-order valence-corrected chi connectivity index (χ4v) is 3.71. The van der Waals surface area contributed by atoms with E-state index in [-0.39, 0.29) is 12.0 Å². The number of amides is 1. The molecule has 0 aromatic heterocycles. The molecule has 2 aromatic carbocycles. The van der Waals surface area contributed by atoms with Gasteiger partial charge in [0.15, 0.2) is 0 Å². The van der Waals surface area contributed by atoms with Gasteiger partial charge in [-0.3, -0.25) is 4.79 Å². The first kappa shape index (κ1) is 20.5. The van der Waals surface area contributed by atoms with Crippen LogP contribution in [0.1, 0.15) is 30.6 Å². The van der Waals surface area contributed by atoms with E-state index in [0.717, 1.165) is 42.0 Å². The van der Waals surface area contributed by atoms with Crippen molar-refractivity contribution in [1.82, 2.24) is 4.90 Å². The van der Waals surface area contributed by atoms with Gasteiger partial charge in [-0.2, -0.15) is 0 Å². The monoisotopic (exact) mass is 446 g/mol. The molecule has 1 fully saturated rings.